The van der Waals surface area contributed by atoms with Gasteiger partial charge in [-0.3, -0.25) is 23.9 Å². The van der Waals surface area contributed by atoms with Crippen molar-refractivity contribution in [3.8, 4) is 0 Å². The number of nitrogens with zero attached hydrogens (tertiary/aromatic N) is 3. The Bertz CT molecular complexity index is 1170. The lowest BCUT2D eigenvalue weighted by Gasteiger charge is -2.08. The van der Waals surface area contributed by atoms with Crippen molar-refractivity contribution < 1.29 is 46.5 Å². The number of carbonyl (C=O) groups is 4. The summed E-state index contributed by atoms with van der Waals surface area (Å²) in [6.45, 7) is 3.64. The van der Waals surface area contributed by atoms with Crippen molar-refractivity contribution in [1.29, 1.82) is 0 Å². The van der Waals surface area contributed by atoms with E-state index in [1.165, 1.54) is 58.3 Å². The van der Waals surface area contributed by atoms with Crippen molar-refractivity contribution in [2.24, 2.45) is 0 Å². The van der Waals surface area contributed by atoms with Gasteiger partial charge < -0.3 is 24.3 Å². The van der Waals surface area contributed by atoms with Crippen LogP contribution in [0.2, 0.25) is 0 Å². The Kier molecular flexibility index (Phi) is 29.7. The number of aromatic amines is 1. The van der Waals surface area contributed by atoms with E-state index < -0.39 is 15.9 Å². The third-order valence-electron chi connectivity index (χ3n) is 7.90. The summed E-state index contributed by atoms with van der Waals surface area (Å²) in [5.41, 5.74) is 0. The molecule has 0 saturated heterocycles. The standard InChI is InChI=1S/C35H64N6O10S/c1-31(42)29-50-26-24-48-22-15-17-32(43)30-51-27-25-49-23-21-36-34(44)20-16-28-52(46,47)39-35(45)19-14-12-10-8-6-4-2-3-5-7-9-11-13-18-33-37-40-41-38-33/h2-30H2,1H3,(H,36,44)(H,39,45)(H,37,38,40,41). The summed E-state index contributed by atoms with van der Waals surface area (Å²) in [4.78, 5) is 46.7. The van der Waals surface area contributed by atoms with E-state index in [9.17, 15) is 27.6 Å². The second-order valence-electron chi connectivity index (χ2n) is 12.9. The largest absolute Gasteiger partial charge is 0.379 e. The van der Waals surface area contributed by atoms with E-state index in [1.54, 1.807) is 0 Å². The molecule has 0 saturated carbocycles. The molecule has 3 N–H and O–H groups in total. The van der Waals surface area contributed by atoms with Gasteiger partial charge in [-0.15, -0.1) is 10.2 Å². The Morgan fingerprint density at radius 1 is 0.615 bits per heavy atom. The summed E-state index contributed by atoms with van der Waals surface area (Å²) < 4.78 is 47.6. The molecule has 0 atom stereocenters. The van der Waals surface area contributed by atoms with Crippen molar-refractivity contribution in [1.82, 2.24) is 30.7 Å². The quantitative estimate of drug-likeness (QED) is 0.0823. The highest BCUT2D eigenvalue weighted by Crippen LogP contribution is 2.13. The average molecular weight is 761 g/mol. The summed E-state index contributed by atoms with van der Waals surface area (Å²) in [5.74, 6) is -0.394. The normalized spacial score (nSPS) is 11.5. The minimum absolute atomic E-state index is 0.0141. The number of hydrogen-bond donors (Lipinski definition) is 3. The van der Waals surface area contributed by atoms with Gasteiger partial charge in [0.2, 0.25) is 21.8 Å². The molecule has 1 heterocycles. The number of H-pyrrole nitrogens is 1. The first-order chi connectivity index (χ1) is 25.2. The molecule has 0 aliphatic heterocycles. The summed E-state index contributed by atoms with van der Waals surface area (Å²) in [6, 6.07) is 0. The minimum Gasteiger partial charge on any atom is -0.379 e. The number of tetrazole rings is 1. The number of hydrogen-bond acceptors (Lipinski definition) is 13. The topological polar surface area (TPSA) is 218 Å². The SMILES string of the molecule is CC(=O)COCCOCCCC(=O)COCCOCCNC(=O)CCCS(=O)(=O)NC(=O)CCCCCCCCCCCCCCCc1nn[nH]n1. The Morgan fingerprint density at radius 3 is 1.79 bits per heavy atom. The molecule has 0 radical (unpaired) electrons. The van der Waals surface area contributed by atoms with Crippen molar-refractivity contribution in [2.75, 3.05) is 65.2 Å². The van der Waals surface area contributed by atoms with Crippen LogP contribution in [0.5, 0.6) is 0 Å². The molecule has 2 amide bonds. The van der Waals surface area contributed by atoms with Crippen LogP contribution in [0.15, 0.2) is 0 Å². The molecule has 1 rings (SSSR count). The van der Waals surface area contributed by atoms with E-state index in [2.05, 4.69) is 30.7 Å². The van der Waals surface area contributed by atoms with Crippen LogP contribution in [-0.4, -0.2) is 118 Å². The van der Waals surface area contributed by atoms with Crippen LogP contribution in [0.4, 0.5) is 0 Å². The Balaban J connectivity index is 1.85. The molecular weight excluding hydrogens is 696 g/mol. The number of Topliss-reactive ketones (excluding diaryl/α,β-unsaturated/α-hetero) is 2. The number of rotatable bonds is 38. The minimum atomic E-state index is -3.78. The molecule has 0 aromatic carbocycles. The molecule has 52 heavy (non-hydrogen) atoms. The van der Waals surface area contributed by atoms with Gasteiger partial charge in [-0.1, -0.05) is 75.8 Å². The fourth-order valence-electron chi connectivity index (χ4n) is 5.14. The zero-order valence-corrected chi connectivity index (χ0v) is 32.2. The van der Waals surface area contributed by atoms with Gasteiger partial charge in [0.25, 0.3) is 0 Å². The van der Waals surface area contributed by atoms with Crippen molar-refractivity contribution in [3.63, 3.8) is 0 Å². The van der Waals surface area contributed by atoms with E-state index in [-0.39, 0.29) is 82.1 Å². The lowest BCUT2D eigenvalue weighted by atomic mass is 10.0. The Morgan fingerprint density at radius 2 is 1.17 bits per heavy atom. The number of amides is 2. The molecule has 16 nitrogen and oxygen atoms in total. The third kappa shape index (κ3) is 31.8. The van der Waals surface area contributed by atoms with E-state index in [4.69, 9.17) is 18.9 Å². The molecule has 300 valence electrons. The van der Waals surface area contributed by atoms with E-state index in [0.717, 1.165) is 37.9 Å². The van der Waals surface area contributed by atoms with Crippen LogP contribution in [-0.2, 0) is 54.6 Å². The van der Waals surface area contributed by atoms with Crippen molar-refractivity contribution >= 4 is 33.4 Å². The molecule has 1 aromatic rings. The molecule has 0 bridgehead atoms. The highest BCUT2D eigenvalue weighted by Gasteiger charge is 2.15. The average Bonchev–Trinajstić information content (AvgIpc) is 3.62. The molecular formula is C35H64N6O10S. The van der Waals surface area contributed by atoms with Gasteiger partial charge in [-0.05, 0) is 32.6 Å². The molecule has 0 spiro atoms. The molecule has 0 aliphatic rings. The number of aryl methyl sites for hydroxylation is 1. The van der Waals surface area contributed by atoms with Gasteiger partial charge in [0.05, 0.1) is 38.8 Å². The second kappa shape index (κ2) is 32.8. The lowest BCUT2D eigenvalue weighted by molar-refractivity contribution is -0.125. The zero-order chi connectivity index (χ0) is 38.0. The first-order valence-electron chi connectivity index (χ1n) is 19.0. The van der Waals surface area contributed by atoms with Gasteiger partial charge in [0, 0.05) is 38.8 Å². The van der Waals surface area contributed by atoms with Crippen LogP contribution in [0.3, 0.4) is 0 Å². The van der Waals surface area contributed by atoms with Crippen LogP contribution in [0.1, 0.15) is 128 Å². The van der Waals surface area contributed by atoms with Gasteiger partial charge in [-0.25, -0.2) is 8.42 Å². The molecule has 1 aromatic heterocycles. The van der Waals surface area contributed by atoms with Gasteiger partial charge >= 0.3 is 0 Å². The summed E-state index contributed by atoms with van der Waals surface area (Å²) in [6.07, 6.45) is 16.8. The fourth-order valence-corrected chi connectivity index (χ4v) is 6.21. The van der Waals surface area contributed by atoms with Crippen molar-refractivity contribution in [2.45, 2.75) is 129 Å². The number of unbranched alkanes of at least 4 members (excludes halogenated alkanes) is 12. The number of nitrogens with one attached hydrogen (secondary N) is 3. The first kappa shape index (κ1) is 47.2. The second-order valence-corrected chi connectivity index (χ2v) is 14.7. The molecule has 0 fully saturated rings. The van der Waals surface area contributed by atoms with Gasteiger partial charge in [0.1, 0.15) is 13.2 Å². The van der Waals surface area contributed by atoms with Crippen molar-refractivity contribution in [3.05, 3.63) is 5.82 Å². The Labute approximate surface area is 310 Å². The van der Waals surface area contributed by atoms with E-state index in [1.807, 2.05) is 0 Å². The smallest absolute Gasteiger partial charge is 0.234 e. The molecule has 0 aliphatic carbocycles. The zero-order valence-electron chi connectivity index (χ0n) is 31.3. The maximum absolute atomic E-state index is 12.2. The van der Waals surface area contributed by atoms with Crippen LogP contribution >= 0.6 is 0 Å². The van der Waals surface area contributed by atoms with Crippen LogP contribution in [0.25, 0.3) is 0 Å². The highest BCUT2D eigenvalue weighted by molar-refractivity contribution is 7.90. The first-order valence-corrected chi connectivity index (χ1v) is 20.7. The lowest BCUT2D eigenvalue weighted by Crippen LogP contribution is -2.33. The maximum Gasteiger partial charge on any atom is 0.234 e. The van der Waals surface area contributed by atoms with Crippen LogP contribution < -0.4 is 10.0 Å². The monoisotopic (exact) mass is 760 g/mol. The third-order valence-corrected chi connectivity index (χ3v) is 9.27. The Hall–Kier alpha value is -2.86. The van der Waals surface area contributed by atoms with E-state index >= 15 is 0 Å². The van der Waals surface area contributed by atoms with Gasteiger partial charge in [-0.2, -0.15) is 5.21 Å². The number of aromatic nitrogens is 4. The molecule has 0 unspecified atom stereocenters. The predicted octanol–water partition coefficient (Wildman–Crippen LogP) is 3.55. The summed E-state index contributed by atoms with van der Waals surface area (Å²) in [7, 11) is -3.78. The fraction of sp³-hybridized carbons (Fsp3) is 0.857. The van der Waals surface area contributed by atoms with E-state index in [0.29, 0.717) is 39.1 Å². The summed E-state index contributed by atoms with van der Waals surface area (Å²) in [5, 5.41) is 16.6. The van der Waals surface area contributed by atoms with Crippen LogP contribution in [0, 0.1) is 0 Å². The maximum atomic E-state index is 12.2. The summed E-state index contributed by atoms with van der Waals surface area (Å²) >= 11 is 0. The molecule has 17 heteroatoms. The number of sulfonamides is 1. The number of ketones is 2. The number of ether oxygens (including phenoxy) is 4. The predicted molar refractivity (Wildman–Crippen MR) is 195 cm³/mol. The number of carbonyl (C=O) groups excluding carboxylic acids is 4. The highest BCUT2D eigenvalue weighted by atomic mass is 32.2. The van der Waals surface area contributed by atoms with Gasteiger partial charge in [0.15, 0.2) is 17.4 Å².